The molecule has 1 aromatic carbocycles. The van der Waals surface area contributed by atoms with Gasteiger partial charge in [-0.05, 0) is 47.6 Å². The van der Waals surface area contributed by atoms with Gasteiger partial charge < -0.3 is 5.73 Å². The van der Waals surface area contributed by atoms with Crippen molar-refractivity contribution in [2.45, 2.75) is 19.8 Å². The summed E-state index contributed by atoms with van der Waals surface area (Å²) in [5.41, 5.74) is 7.24. The number of halogens is 2. The number of hydrogen-bond acceptors (Lipinski definition) is 1. The van der Waals surface area contributed by atoms with Gasteiger partial charge in [0.25, 0.3) is 0 Å². The molecule has 0 heterocycles. The van der Waals surface area contributed by atoms with Crippen molar-refractivity contribution in [3.63, 3.8) is 0 Å². The number of rotatable bonds is 2. The molecule has 1 aromatic rings. The van der Waals surface area contributed by atoms with E-state index in [2.05, 4.69) is 13.8 Å². The monoisotopic (exact) mass is 243 g/mol. The summed E-state index contributed by atoms with van der Waals surface area (Å²) >= 11 is 12.0. The van der Waals surface area contributed by atoms with Gasteiger partial charge in [0, 0.05) is 10.0 Å². The van der Waals surface area contributed by atoms with E-state index in [1.807, 2.05) is 12.1 Å². The van der Waals surface area contributed by atoms with Crippen LogP contribution in [0.4, 0.5) is 0 Å². The zero-order valence-corrected chi connectivity index (χ0v) is 10.4. The van der Waals surface area contributed by atoms with E-state index in [1.165, 1.54) is 5.56 Å². The lowest BCUT2D eigenvalue weighted by Crippen LogP contribution is -2.05. The van der Waals surface area contributed by atoms with Crippen LogP contribution in [0.3, 0.4) is 0 Å². The van der Waals surface area contributed by atoms with Gasteiger partial charge >= 0.3 is 0 Å². The fourth-order valence-corrected chi connectivity index (χ4v) is 3.14. The lowest BCUT2D eigenvalue weighted by Gasteiger charge is -2.04. The maximum Gasteiger partial charge on any atom is 0.0423 e. The zero-order valence-electron chi connectivity index (χ0n) is 8.93. The predicted octanol–water partition coefficient (Wildman–Crippen LogP) is 3.69. The number of nitrogens with two attached hydrogens (primary N) is 1. The highest BCUT2D eigenvalue weighted by Crippen LogP contribution is 2.64. The van der Waals surface area contributed by atoms with Gasteiger partial charge in [-0.2, -0.15) is 0 Å². The van der Waals surface area contributed by atoms with Gasteiger partial charge in [0.2, 0.25) is 0 Å². The largest absolute Gasteiger partial charge is 0.330 e. The van der Waals surface area contributed by atoms with Gasteiger partial charge in [0.05, 0.1) is 0 Å². The quantitative estimate of drug-likeness (QED) is 0.843. The Kier molecular flexibility index (Phi) is 2.74. The van der Waals surface area contributed by atoms with Crippen molar-refractivity contribution in [2.75, 3.05) is 6.54 Å². The Morgan fingerprint density at radius 1 is 1.20 bits per heavy atom. The van der Waals surface area contributed by atoms with Crippen molar-refractivity contribution in [1.29, 1.82) is 0 Å². The predicted molar refractivity (Wildman–Crippen MR) is 65.5 cm³/mol. The van der Waals surface area contributed by atoms with Gasteiger partial charge in [0.15, 0.2) is 0 Å². The summed E-state index contributed by atoms with van der Waals surface area (Å²) in [6.07, 6.45) is 0. The van der Waals surface area contributed by atoms with E-state index in [-0.39, 0.29) is 5.41 Å². The number of hydrogen-bond donors (Lipinski definition) is 1. The van der Waals surface area contributed by atoms with Crippen molar-refractivity contribution in [3.05, 3.63) is 33.8 Å². The standard InChI is InChI=1S/C12H15Cl2N/c1-12(2)10(6-15)11(12)7-3-8(13)5-9(14)4-7/h3-5,10-11H,6,15H2,1-2H3. The molecule has 0 bridgehead atoms. The fourth-order valence-electron chi connectivity index (χ4n) is 2.60. The molecule has 1 fully saturated rings. The molecule has 3 heteroatoms. The molecule has 1 aliphatic rings. The first-order valence-corrected chi connectivity index (χ1v) is 5.88. The minimum atomic E-state index is 0.281. The first kappa shape index (κ1) is 11.3. The van der Waals surface area contributed by atoms with Crippen LogP contribution in [0, 0.1) is 11.3 Å². The summed E-state index contributed by atoms with van der Waals surface area (Å²) in [6, 6.07) is 5.75. The molecule has 0 amide bonds. The molecule has 2 rings (SSSR count). The van der Waals surface area contributed by atoms with E-state index in [0.717, 1.165) is 6.54 Å². The maximum atomic E-state index is 5.99. The van der Waals surface area contributed by atoms with Crippen molar-refractivity contribution < 1.29 is 0 Å². The summed E-state index contributed by atoms with van der Waals surface area (Å²) in [5, 5.41) is 1.41. The van der Waals surface area contributed by atoms with Crippen LogP contribution in [-0.2, 0) is 0 Å². The second-order valence-electron chi connectivity index (χ2n) is 4.84. The molecule has 2 atom stereocenters. The molecule has 0 aromatic heterocycles. The van der Waals surface area contributed by atoms with Crippen LogP contribution in [0.2, 0.25) is 10.0 Å². The normalized spacial score (nSPS) is 27.8. The van der Waals surface area contributed by atoms with E-state index in [4.69, 9.17) is 28.9 Å². The molecular weight excluding hydrogens is 229 g/mol. The fraction of sp³-hybridized carbons (Fsp3) is 0.500. The third kappa shape index (κ3) is 1.89. The van der Waals surface area contributed by atoms with Crippen molar-refractivity contribution >= 4 is 23.2 Å². The molecular formula is C12H15Cl2N. The van der Waals surface area contributed by atoms with Crippen LogP contribution in [0.1, 0.15) is 25.3 Å². The van der Waals surface area contributed by atoms with E-state index in [1.54, 1.807) is 6.07 Å². The lowest BCUT2D eigenvalue weighted by atomic mass is 10.0. The van der Waals surface area contributed by atoms with Crippen LogP contribution >= 0.6 is 23.2 Å². The molecule has 0 saturated heterocycles. The molecule has 0 radical (unpaired) electrons. The van der Waals surface area contributed by atoms with Crippen molar-refractivity contribution in [3.8, 4) is 0 Å². The Hall–Kier alpha value is -0.240. The summed E-state index contributed by atoms with van der Waals surface area (Å²) in [7, 11) is 0. The van der Waals surface area contributed by atoms with Gasteiger partial charge in [-0.15, -0.1) is 0 Å². The van der Waals surface area contributed by atoms with Gasteiger partial charge in [-0.1, -0.05) is 37.0 Å². The first-order valence-electron chi connectivity index (χ1n) is 5.13. The molecule has 1 saturated carbocycles. The maximum absolute atomic E-state index is 5.99. The van der Waals surface area contributed by atoms with E-state index in [0.29, 0.717) is 21.9 Å². The summed E-state index contributed by atoms with van der Waals surface area (Å²) in [6.45, 7) is 5.20. The second kappa shape index (κ2) is 3.65. The van der Waals surface area contributed by atoms with Crippen molar-refractivity contribution in [2.24, 2.45) is 17.1 Å². The van der Waals surface area contributed by atoms with Gasteiger partial charge in [-0.3, -0.25) is 0 Å². The molecule has 82 valence electrons. The Morgan fingerprint density at radius 2 is 1.73 bits per heavy atom. The smallest absolute Gasteiger partial charge is 0.0423 e. The van der Waals surface area contributed by atoms with Crippen LogP contribution in [0.15, 0.2) is 18.2 Å². The van der Waals surface area contributed by atoms with Crippen LogP contribution in [0.25, 0.3) is 0 Å². The Bertz CT molecular complexity index is 367. The van der Waals surface area contributed by atoms with Crippen molar-refractivity contribution in [1.82, 2.24) is 0 Å². The third-order valence-electron chi connectivity index (χ3n) is 3.55. The van der Waals surface area contributed by atoms with E-state index >= 15 is 0 Å². The van der Waals surface area contributed by atoms with Crippen LogP contribution in [-0.4, -0.2) is 6.54 Å². The van der Waals surface area contributed by atoms with E-state index in [9.17, 15) is 0 Å². The summed E-state index contributed by atoms with van der Waals surface area (Å²) in [5.74, 6) is 1.05. The SMILES string of the molecule is CC1(C)C(CN)C1c1cc(Cl)cc(Cl)c1. The molecule has 1 nitrogen and oxygen atoms in total. The van der Waals surface area contributed by atoms with Gasteiger partial charge in [0.1, 0.15) is 0 Å². The molecule has 0 aliphatic heterocycles. The second-order valence-corrected chi connectivity index (χ2v) is 5.72. The summed E-state index contributed by atoms with van der Waals surface area (Å²) < 4.78 is 0. The molecule has 1 aliphatic carbocycles. The Labute approximate surface area is 101 Å². The topological polar surface area (TPSA) is 26.0 Å². The van der Waals surface area contributed by atoms with Crippen LogP contribution in [0.5, 0.6) is 0 Å². The Balaban J connectivity index is 2.32. The highest BCUT2D eigenvalue weighted by atomic mass is 35.5. The number of benzene rings is 1. The van der Waals surface area contributed by atoms with Gasteiger partial charge in [-0.25, -0.2) is 0 Å². The zero-order chi connectivity index (χ0) is 11.2. The minimum Gasteiger partial charge on any atom is -0.330 e. The third-order valence-corrected chi connectivity index (χ3v) is 3.98. The molecule has 0 spiro atoms. The lowest BCUT2D eigenvalue weighted by molar-refractivity contribution is 0.558. The molecule has 15 heavy (non-hydrogen) atoms. The molecule has 2 N–H and O–H groups in total. The summed E-state index contributed by atoms with van der Waals surface area (Å²) in [4.78, 5) is 0. The first-order chi connectivity index (χ1) is 6.96. The molecule has 2 unspecified atom stereocenters. The highest BCUT2D eigenvalue weighted by molar-refractivity contribution is 6.34. The Morgan fingerprint density at radius 3 is 2.13 bits per heavy atom. The highest BCUT2D eigenvalue weighted by Gasteiger charge is 2.57. The van der Waals surface area contributed by atoms with Crippen LogP contribution < -0.4 is 5.73 Å². The average Bonchev–Trinajstić information content (AvgIpc) is 2.66. The average molecular weight is 244 g/mol. The minimum absolute atomic E-state index is 0.281. The van der Waals surface area contributed by atoms with E-state index < -0.39 is 0 Å².